The Labute approximate surface area is 196 Å². The molecule has 182 valence electrons. The number of methoxy groups -OCH3 is 1. The van der Waals surface area contributed by atoms with Crippen molar-refractivity contribution in [3.8, 4) is 5.75 Å². The Morgan fingerprint density at radius 1 is 1.00 bits per heavy atom. The predicted molar refractivity (Wildman–Crippen MR) is 111 cm³/mol. The molecule has 6 aliphatic rings. The zero-order valence-corrected chi connectivity index (χ0v) is 18.1. The van der Waals surface area contributed by atoms with Crippen molar-refractivity contribution < 1.29 is 48.5 Å². The Kier molecular flexibility index (Phi) is 4.51. The lowest BCUT2D eigenvalue weighted by Crippen LogP contribution is -2.76. The summed E-state index contributed by atoms with van der Waals surface area (Å²) in [5, 5.41) is 40.0. The van der Waals surface area contributed by atoms with Crippen LogP contribution >= 0.6 is 0 Å². The molecular formula is C24H32O9. The van der Waals surface area contributed by atoms with Crippen LogP contribution < -0.4 is 4.74 Å². The Balaban J connectivity index is 1.34. The van der Waals surface area contributed by atoms with Gasteiger partial charge in [-0.1, -0.05) is 12.1 Å². The summed E-state index contributed by atoms with van der Waals surface area (Å²) in [5.74, 6) is -0.0721. The largest absolute Gasteiger partial charge is 0.462 e. The van der Waals surface area contributed by atoms with Gasteiger partial charge < -0.3 is 34.6 Å². The van der Waals surface area contributed by atoms with Crippen LogP contribution in [0.15, 0.2) is 24.3 Å². The summed E-state index contributed by atoms with van der Waals surface area (Å²) in [7, 11) is -2.76. The van der Waals surface area contributed by atoms with Gasteiger partial charge in [-0.2, -0.15) is 4.89 Å². The molecule has 4 aliphatic carbocycles. The second-order valence-corrected chi connectivity index (χ2v) is 10.3. The van der Waals surface area contributed by atoms with Crippen LogP contribution in [0.4, 0.5) is 0 Å². The summed E-state index contributed by atoms with van der Waals surface area (Å²) in [5.41, 5.74) is -0.532. The lowest BCUT2D eigenvalue weighted by Gasteiger charge is -2.68. The third-order valence-electron chi connectivity index (χ3n) is 8.62. The van der Waals surface area contributed by atoms with E-state index in [4.69, 9.17) is 28.1 Å². The molecule has 9 nitrogen and oxygen atoms in total. The molecule has 1 aromatic carbocycles. The van der Waals surface area contributed by atoms with Gasteiger partial charge in [0.2, 0.25) is 6.29 Å². The van der Waals surface area contributed by atoms with Crippen molar-refractivity contribution in [3.05, 3.63) is 29.8 Å². The molecule has 1 aromatic rings. The number of aliphatic hydroxyl groups excluding tert-OH is 4. The molecule has 2 heterocycles. The topological polar surface area (TPSA) is 127 Å². The molecule has 4 saturated carbocycles. The molecule has 0 amide bonds. The number of hydrogen-bond donors (Lipinski definition) is 4. The second kappa shape index (κ2) is 7.86. The number of aliphatic hydroxyl groups is 4. The minimum Gasteiger partial charge on any atom is -0.462 e. The highest BCUT2D eigenvalue weighted by molar-refractivity contribution is 5.36. The Morgan fingerprint density at radius 2 is 1.73 bits per heavy atom. The van der Waals surface area contributed by atoms with Crippen molar-refractivity contribution >= 4 is 0 Å². The normalized spacial score (nSPS) is 52.1. The molecule has 33 heavy (non-hydrogen) atoms. The van der Waals surface area contributed by atoms with E-state index in [1.54, 1.807) is 24.3 Å². The van der Waals surface area contributed by atoms with E-state index in [9.17, 15) is 20.4 Å². The third kappa shape index (κ3) is 3.01. The maximum absolute atomic E-state index is 10.4. The van der Waals surface area contributed by atoms with Crippen molar-refractivity contribution in [2.24, 2.45) is 23.7 Å². The smallest absolute Gasteiger partial charge is 0.260 e. The van der Waals surface area contributed by atoms with Crippen LogP contribution in [0.25, 0.3) is 0 Å². The fraction of sp³-hybridized carbons (Fsp3) is 0.750. The zero-order chi connectivity index (χ0) is 25.5. The van der Waals surface area contributed by atoms with Gasteiger partial charge in [0.1, 0.15) is 30.2 Å². The number of rotatable bonds is 5. The summed E-state index contributed by atoms with van der Waals surface area (Å²) in [6.07, 6.45) is -2.25. The van der Waals surface area contributed by atoms with E-state index in [1.165, 1.54) is 6.42 Å². The first-order valence-corrected chi connectivity index (χ1v) is 11.7. The number of benzene rings is 1. The maximum Gasteiger partial charge on any atom is 0.260 e. The first-order valence-electron chi connectivity index (χ1n) is 13.2. The lowest BCUT2D eigenvalue weighted by molar-refractivity contribution is -0.645. The highest BCUT2D eigenvalue weighted by Crippen LogP contribution is 2.69. The predicted octanol–water partition coefficient (Wildman–Crippen LogP) is 0.821. The van der Waals surface area contributed by atoms with Crippen molar-refractivity contribution in [2.75, 3.05) is 13.6 Å². The molecule has 9 heteroatoms. The minimum atomic E-state index is -2.76. The standard InChI is InChI=1S/C24H32O9/c1-29-24(23(32-33-24)15-6-12-5-13(8-15)9-16(23)7-12)14-3-2-4-17(10-14)30-22-21(28)20(27)19(26)18(11-25)31-22/h2-4,10,12-13,15-16,18-22,25-28H,5-9,11H2,1H3/t12?,13?,15?,16?,18?,19-,20+,21?,22-,23?,24?/m1/s1/i1D3. The first-order chi connectivity index (χ1) is 17.1. The summed E-state index contributed by atoms with van der Waals surface area (Å²) in [6, 6.07) is 6.48. The van der Waals surface area contributed by atoms with Gasteiger partial charge in [-0.05, 0) is 67.9 Å². The van der Waals surface area contributed by atoms with Crippen LogP contribution in [0.3, 0.4) is 0 Å². The number of hydrogen-bond acceptors (Lipinski definition) is 9. The van der Waals surface area contributed by atoms with E-state index >= 15 is 0 Å². The Morgan fingerprint density at radius 3 is 2.33 bits per heavy atom. The van der Waals surface area contributed by atoms with Crippen LogP contribution in [-0.2, 0) is 25.0 Å². The molecule has 6 fully saturated rings. The lowest BCUT2D eigenvalue weighted by atomic mass is 9.47. The van der Waals surface area contributed by atoms with Crippen LogP contribution in [0.2, 0.25) is 0 Å². The minimum absolute atomic E-state index is 0.0971. The average Bonchev–Trinajstić information content (AvgIpc) is 2.81. The van der Waals surface area contributed by atoms with Crippen LogP contribution in [0, 0.1) is 23.7 Å². The summed E-state index contributed by atoms with van der Waals surface area (Å²) >= 11 is 0. The summed E-state index contributed by atoms with van der Waals surface area (Å²) in [6.45, 7) is -0.584. The van der Waals surface area contributed by atoms with E-state index in [-0.39, 0.29) is 17.6 Å². The summed E-state index contributed by atoms with van der Waals surface area (Å²) in [4.78, 5) is 11.6. The number of ether oxygens (including phenoxy) is 3. The second-order valence-electron chi connectivity index (χ2n) is 10.3. The van der Waals surface area contributed by atoms with Gasteiger partial charge in [0.15, 0.2) is 5.60 Å². The molecule has 2 saturated heterocycles. The van der Waals surface area contributed by atoms with Crippen LogP contribution in [-0.4, -0.2) is 70.4 Å². The van der Waals surface area contributed by atoms with Crippen molar-refractivity contribution in [2.45, 2.75) is 74.2 Å². The molecule has 7 rings (SSSR count). The molecule has 3 unspecified atom stereocenters. The zero-order valence-electron chi connectivity index (χ0n) is 21.1. The molecule has 4 bridgehead atoms. The fourth-order valence-electron chi connectivity index (χ4n) is 7.27. The molecular weight excluding hydrogens is 432 g/mol. The SMILES string of the molecule is [2H]C([2H])([2H])OC1(c2cccc(O[C@@H]3OC(CO)[C@@H](O)[C@H](O)C3O)c2)OOC12C1CC3CC(C1)CC2C3. The van der Waals surface area contributed by atoms with Gasteiger partial charge in [0, 0.05) is 12.6 Å². The van der Waals surface area contributed by atoms with Crippen molar-refractivity contribution in [3.63, 3.8) is 0 Å². The van der Waals surface area contributed by atoms with Gasteiger partial charge >= 0.3 is 0 Å². The highest BCUT2D eigenvalue weighted by atomic mass is 17.3. The van der Waals surface area contributed by atoms with E-state index in [0.717, 1.165) is 25.7 Å². The van der Waals surface area contributed by atoms with Crippen molar-refractivity contribution in [1.82, 2.24) is 0 Å². The molecule has 4 N–H and O–H groups in total. The molecule has 6 atom stereocenters. The summed E-state index contributed by atoms with van der Waals surface area (Å²) < 4.78 is 40.8. The van der Waals surface area contributed by atoms with E-state index < -0.39 is 55.7 Å². The van der Waals surface area contributed by atoms with E-state index in [2.05, 4.69) is 0 Å². The van der Waals surface area contributed by atoms with Gasteiger partial charge in [-0.15, -0.1) is 0 Å². The van der Waals surface area contributed by atoms with Gasteiger partial charge in [0.05, 0.1) is 10.7 Å². The van der Waals surface area contributed by atoms with E-state index in [1.807, 2.05) is 0 Å². The van der Waals surface area contributed by atoms with Gasteiger partial charge in [-0.3, -0.25) is 0 Å². The van der Waals surface area contributed by atoms with E-state index in [0.29, 0.717) is 17.4 Å². The Bertz CT molecular complexity index is 960. The maximum atomic E-state index is 10.4. The monoisotopic (exact) mass is 467 g/mol. The third-order valence-corrected chi connectivity index (χ3v) is 8.62. The molecule has 1 spiro atoms. The average molecular weight is 468 g/mol. The van der Waals surface area contributed by atoms with Crippen LogP contribution in [0.1, 0.15) is 41.8 Å². The van der Waals surface area contributed by atoms with Gasteiger partial charge in [-0.25, -0.2) is 4.89 Å². The first kappa shape index (κ1) is 19.0. The van der Waals surface area contributed by atoms with Gasteiger partial charge in [0.25, 0.3) is 5.79 Å². The fourth-order valence-corrected chi connectivity index (χ4v) is 7.27. The molecule has 0 aromatic heterocycles. The highest BCUT2D eigenvalue weighted by Gasteiger charge is 2.76. The molecule has 2 aliphatic heterocycles. The molecule has 0 radical (unpaired) electrons. The quantitative estimate of drug-likeness (QED) is 0.466. The van der Waals surface area contributed by atoms with Crippen molar-refractivity contribution in [1.29, 1.82) is 0 Å². The Hall–Kier alpha value is -1.30. The van der Waals surface area contributed by atoms with Crippen LogP contribution in [0.5, 0.6) is 5.75 Å².